The Kier molecular flexibility index (Phi) is 4.22. The lowest BCUT2D eigenvalue weighted by Crippen LogP contribution is -2.65. The van der Waals surface area contributed by atoms with Crippen molar-refractivity contribution in [3.8, 4) is 0 Å². The fraction of sp³-hybridized carbons (Fsp3) is 0.312. The number of hydrogen-bond donors (Lipinski definition) is 3. The van der Waals surface area contributed by atoms with Crippen molar-refractivity contribution in [3.63, 3.8) is 0 Å². The number of aliphatic carboxylic acids is 1. The van der Waals surface area contributed by atoms with Crippen molar-refractivity contribution in [1.82, 2.24) is 14.7 Å². The van der Waals surface area contributed by atoms with E-state index < -0.39 is 23.9 Å². The number of β-lactam (4-membered cyclic amide) rings is 1. The highest BCUT2D eigenvalue weighted by molar-refractivity contribution is 6.10. The average molecular weight is 343 g/mol. The van der Waals surface area contributed by atoms with Gasteiger partial charge in [0.05, 0.1) is 13.0 Å². The van der Waals surface area contributed by atoms with Crippen molar-refractivity contribution >= 4 is 29.6 Å². The van der Waals surface area contributed by atoms with E-state index in [4.69, 9.17) is 15.9 Å². The maximum Gasteiger partial charge on any atom is 0.328 e. The Morgan fingerprint density at radius 1 is 1.16 bits per heavy atom. The van der Waals surface area contributed by atoms with E-state index in [0.29, 0.717) is 5.56 Å². The molecule has 1 aromatic rings. The number of carboxylic acid groups (broad SMARTS) is 1. The topological polar surface area (TPSA) is 129 Å². The molecule has 3 N–H and O–H groups in total. The standard InChI is InChI=1S/C16H17N5O4/c17-12-9-19(16(25)21-11(15(23)24)8-13(21)22)6-7-20(12)14(18)10-4-2-1-3-5-10/h1-5,11,17-18H,6-9H2,(H,23,24). The third-order valence-electron chi connectivity index (χ3n) is 4.29. The Hall–Kier alpha value is -3.23. The van der Waals surface area contributed by atoms with Crippen LogP contribution in [0.1, 0.15) is 12.0 Å². The van der Waals surface area contributed by atoms with Crippen LogP contribution in [0.2, 0.25) is 0 Å². The Morgan fingerprint density at radius 3 is 2.40 bits per heavy atom. The van der Waals surface area contributed by atoms with Crippen LogP contribution in [-0.2, 0) is 9.59 Å². The minimum Gasteiger partial charge on any atom is -0.480 e. The van der Waals surface area contributed by atoms with Crippen LogP contribution in [0.3, 0.4) is 0 Å². The summed E-state index contributed by atoms with van der Waals surface area (Å²) in [6, 6.07) is 7.15. The van der Waals surface area contributed by atoms with Gasteiger partial charge >= 0.3 is 12.0 Å². The number of nitrogens with one attached hydrogen (secondary N) is 2. The van der Waals surface area contributed by atoms with Crippen LogP contribution >= 0.6 is 0 Å². The Bertz CT molecular complexity index is 763. The number of carbonyl (C=O) groups is 3. The van der Waals surface area contributed by atoms with E-state index in [-0.39, 0.29) is 37.7 Å². The molecular weight excluding hydrogens is 326 g/mol. The summed E-state index contributed by atoms with van der Waals surface area (Å²) < 4.78 is 0. The highest BCUT2D eigenvalue weighted by Crippen LogP contribution is 2.22. The minimum atomic E-state index is -1.22. The first-order valence-electron chi connectivity index (χ1n) is 7.73. The van der Waals surface area contributed by atoms with Gasteiger partial charge in [0.1, 0.15) is 17.7 Å². The van der Waals surface area contributed by atoms with Crippen LogP contribution in [0.25, 0.3) is 0 Å². The van der Waals surface area contributed by atoms with Crippen LogP contribution in [0.15, 0.2) is 30.3 Å². The van der Waals surface area contributed by atoms with Gasteiger partial charge in [-0.2, -0.15) is 0 Å². The van der Waals surface area contributed by atoms with Crippen LogP contribution in [0.5, 0.6) is 0 Å². The van der Waals surface area contributed by atoms with Crippen molar-refractivity contribution in [2.24, 2.45) is 0 Å². The molecule has 2 aliphatic heterocycles. The number of carboxylic acids is 1. The van der Waals surface area contributed by atoms with E-state index in [1.807, 2.05) is 6.07 Å². The molecule has 9 nitrogen and oxygen atoms in total. The first-order chi connectivity index (χ1) is 11.9. The summed E-state index contributed by atoms with van der Waals surface area (Å²) in [5.41, 5.74) is 0.663. The van der Waals surface area contributed by atoms with E-state index in [1.54, 1.807) is 24.3 Å². The van der Waals surface area contributed by atoms with Crippen molar-refractivity contribution in [2.45, 2.75) is 12.5 Å². The van der Waals surface area contributed by atoms with Gasteiger partial charge in [0, 0.05) is 18.7 Å². The Labute approximate surface area is 143 Å². The number of carbonyl (C=O) groups excluding carboxylic acids is 2. The third-order valence-corrected chi connectivity index (χ3v) is 4.29. The first kappa shape index (κ1) is 16.6. The van der Waals surface area contributed by atoms with Gasteiger partial charge in [0.25, 0.3) is 0 Å². The monoisotopic (exact) mass is 343 g/mol. The number of urea groups is 1. The molecule has 0 saturated carbocycles. The SMILES string of the molecule is N=C1CN(C(=O)N2C(=O)CC2C(=O)O)CCN1C(=N)c1ccccc1. The third kappa shape index (κ3) is 2.95. The van der Waals surface area contributed by atoms with Gasteiger partial charge in [0.15, 0.2) is 0 Å². The van der Waals surface area contributed by atoms with Gasteiger partial charge in [-0.1, -0.05) is 30.3 Å². The molecule has 2 fully saturated rings. The maximum atomic E-state index is 12.4. The summed E-state index contributed by atoms with van der Waals surface area (Å²) in [5, 5.41) is 25.4. The number of hydrogen-bond acceptors (Lipinski definition) is 5. The molecule has 0 bridgehead atoms. The molecule has 0 aliphatic carbocycles. The molecule has 1 aromatic carbocycles. The summed E-state index contributed by atoms with van der Waals surface area (Å²) in [6.45, 7) is 0.356. The van der Waals surface area contributed by atoms with Crippen molar-refractivity contribution in [3.05, 3.63) is 35.9 Å². The molecule has 2 saturated heterocycles. The zero-order valence-corrected chi connectivity index (χ0v) is 13.3. The smallest absolute Gasteiger partial charge is 0.328 e. The average Bonchev–Trinajstić information content (AvgIpc) is 2.59. The number of piperazine rings is 1. The number of benzene rings is 1. The van der Waals surface area contributed by atoms with Gasteiger partial charge in [-0.05, 0) is 0 Å². The molecule has 0 radical (unpaired) electrons. The van der Waals surface area contributed by atoms with Crippen molar-refractivity contribution in [2.75, 3.05) is 19.6 Å². The molecule has 1 atom stereocenters. The zero-order chi connectivity index (χ0) is 18.1. The van der Waals surface area contributed by atoms with Crippen molar-refractivity contribution < 1.29 is 19.5 Å². The van der Waals surface area contributed by atoms with Gasteiger partial charge in [-0.25, -0.2) is 14.5 Å². The van der Waals surface area contributed by atoms with Gasteiger partial charge in [-0.15, -0.1) is 0 Å². The first-order valence-corrected chi connectivity index (χ1v) is 7.73. The van der Waals surface area contributed by atoms with Gasteiger partial charge in [-0.3, -0.25) is 15.6 Å². The van der Waals surface area contributed by atoms with Crippen LogP contribution in [-0.4, -0.2) is 75.1 Å². The van der Waals surface area contributed by atoms with Crippen molar-refractivity contribution in [1.29, 1.82) is 10.8 Å². The lowest BCUT2D eigenvalue weighted by atomic mass is 10.0. The maximum absolute atomic E-state index is 12.4. The van der Waals surface area contributed by atoms with Gasteiger partial charge < -0.3 is 14.9 Å². The highest BCUT2D eigenvalue weighted by atomic mass is 16.4. The van der Waals surface area contributed by atoms with E-state index in [0.717, 1.165) is 4.90 Å². The summed E-state index contributed by atoms with van der Waals surface area (Å²) in [4.78, 5) is 38.5. The number of amidine groups is 2. The summed E-state index contributed by atoms with van der Waals surface area (Å²) in [5.74, 6) is -1.52. The molecule has 0 spiro atoms. The second-order valence-electron chi connectivity index (χ2n) is 5.84. The summed E-state index contributed by atoms with van der Waals surface area (Å²) in [7, 11) is 0. The van der Waals surface area contributed by atoms with E-state index >= 15 is 0 Å². The van der Waals surface area contributed by atoms with Crippen LogP contribution in [0, 0.1) is 10.8 Å². The largest absolute Gasteiger partial charge is 0.480 e. The lowest BCUT2D eigenvalue weighted by Gasteiger charge is -2.42. The predicted octanol–water partition coefficient (Wildman–Crippen LogP) is 0.412. The zero-order valence-electron chi connectivity index (χ0n) is 13.3. The molecule has 25 heavy (non-hydrogen) atoms. The molecule has 0 aromatic heterocycles. The van der Waals surface area contributed by atoms with Crippen LogP contribution < -0.4 is 0 Å². The number of rotatable bonds is 2. The quantitative estimate of drug-likeness (QED) is 0.407. The number of imide groups is 1. The Morgan fingerprint density at radius 2 is 1.84 bits per heavy atom. The second kappa shape index (κ2) is 6.34. The van der Waals surface area contributed by atoms with E-state index in [9.17, 15) is 14.4 Å². The van der Waals surface area contributed by atoms with Gasteiger partial charge in [0.2, 0.25) is 5.91 Å². The molecule has 9 heteroatoms. The fourth-order valence-corrected chi connectivity index (χ4v) is 2.87. The molecule has 130 valence electrons. The molecule has 1 unspecified atom stereocenters. The molecule has 2 aliphatic rings. The number of likely N-dealkylation sites (tertiary alicyclic amines) is 1. The van der Waals surface area contributed by atoms with E-state index in [1.165, 1.54) is 9.80 Å². The normalized spacial score (nSPS) is 20.3. The predicted molar refractivity (Wildman–Crippen MR) is 87.6 cm³/mol. The fourth-order valence-electron chi connectivity index (χ4n) is 2.87. The molecule has 3 rings (SSSR count). The number of amides is 3. The lowest BCUT2D eigenvalue weighted by molar-refractivity contribution is -0.158. The second-order valence-corrected chi connectivity index (χ2v) is 5.84. The Balaban J connectivity index is 1.67. The summed E-state index contributed by atoms with van der Waals surface area (Å²) in [6.07, 6.45) is -0.183. The molecule has 3 amide bonds. The van der Waals surface area contributed by atoms with E-state index in [2.05, 4.69) is 0 Å². The minimum absolute atomic E-state index is 0.0494. The highest BCUT2D eigenvalue weighted by Gasteiger charge is 2.47. The van der Waals surface area contributed by atoms with Crippen LogP contribution in [0.4, 0.5) is 4.79 Å². The molecular formula is C16H17N5O4. The molecule has 2 heterocycles. The number of nitrogens with zero attached hydrogens (tertiary/aromatic N) is 3. The summed E-state index contributed by atoms with van der Waals surface area (Å²) >= 11 is 0.